The zero-order chi connectivity index (χ0) is 16.8. The Morgan fingerprint density at radius 1 is 1.57 bits per heavy atom. The van der Waals surface area contributed by atoms with Gasteiger partial charge in [-0.25, -0.2) is 4.98 Å². The Bertz CT molecular complexity index is 655. The molecule has 2 N–H and O–H groups in total. The van der Waals surface area contributed by atoms with Crippen LogP contribution in [0.15, 0.2) is 11.1 Å². The third-order valence-corrected chi connectivity index (χ3v) is 4.92. The van der Waals surface area contributed by atoms with Gasteiger partial charge in [0.05, 0.1) is 11.3 Å². The van der Waals surface area contributed by atoms with Crippen molar-refractivity contribution < 1.29 is 14.7 Å². The number of carbonyl (C=O) groups is 2. The van der Waals surface area contributed by atoms with Crippen molar-refractivity contribution in [1.29, 1.82) is 5.26 Å². The maximum atomic E-state index is 11.6. The molecule has 1 aliphatic carbocycles. The SMILES string of the molecule is CCC1CCc2nc(SCC(=O)NCC(=O)O)c(C#N)cc2C1. The second-order valence-corrected chi connectivity index (χ2v) is 6.50. The van der Waals surface area contributed by atoms with Gasteiger partial charge >= 0.3 is 5.97 Å². The van der Waals surface area contributed by atoms with Gasteiger partial charge in [0.15, 0.2) is 0 Å². The molecule has 0 spiro atoms. The number of aryl methyl sites for hydroxylation is 1. The van der Waals surface area contributed by atoms with Gasteiger partial charge in [0.2, 0.25) is 5.91 Å². The molecule has 0 radical (unpaired) electrons. The van der Waals surface area contributed by atoms with Crippen LogP contribution in [0.25, 0.3) is 0 Å². The number of hydrogen-bond donors (Lipinski definition) is 2. The number of fused-ring (bicyclic) bond motifs is 1. The molecule has 2 rings (SSSR count). The molecule has 23 heavy (non-hydrogen) atoms. The molecule has 6 nitrogen and oxygen atoms in total. The van der Waals surface area contributed by atoms with Crippen molar-refractivity contribution in [3.63, 3.8) is 0 Å². The molecule has 0 saturated carbocycles. The zero-order valence-corrected chi connectivity index (χ0v) is 13.8. The minimum atomic E-state index is -1.08. The number of nitrogens with one attached hydrogen (secondary N) is 1. The molecule has 0 aliphatic heterocycles. The number of carboxylic acid groups (broad SMARTS) is 1. The summed E-state index contributed by atoms with van der Waals surface area (Å²) < 4.78 is 0. The average Bonchev–Trinajstić information content (AvgIpc) is 2.56. The van der Waals surface area contributed by atoms with Gasteiger partial charge in [0.25, 0.3) is 0 Å². The first-order valence-corrected chi connectivity index (χ1v) is 8.56. The van der Waals surface area contributed by atoms with Gasteiger partial charge in [0.1, 0.15) is 17.6 Å². The highest BCUT2D eigenvalue weighted by Crippen LogP contribution is 2.30. The van der Waals surface area contributed by atoms with Crippen molar-refractivity contribution in [1.82, 2.24) is 10.3 Å². The number of aliphatic carboxylic acids is 1. The van der Waals surface area contributed by atoms with Crippen LogP contribution in [0, 0.1) is 17.2 Å². The number of carboxylic acids is 1. The van der Waals surface area contributed by atoms with Crippen LogP contribution in [-0.4, -0.2) is 34.3 Å². The predicted molar refractivity (Wildman–Crippen MR) is 86.1 cm³/mol. The van der Waals surface area contributed by atoms with E-state index < -0.39 is 12.5 Å². The number of rotatable bonds is 6. The first-order chi connectivity index (χ1) is 11.0. The van der Waals surface area contributed by atoms with Crippen molar-refractivity contribution in [2.24, 2.45) is 5.92 Å². The first-order valence-electron chi connectivity index (χ1n) is 7.57. The molecular formula is C16H19N3O3S. The Morgan fingerprint density at radius 3 is 3.00 bits per heavy atom. The molecule has 7 heteroatoms. The number of thioether (sulfide) groups is 1. The van der Waals surface area contributed by atoms with E-state index in [0.717, 1.165) is 36.9 Å². The van der Waals surface area contributed by atoms with Crippen LogP contribution < -0.4 is 5.32 Å². The third kappa shape index (κ3) is 4.70. The third-order valence-electron chi connectivity index (χ3n) is 3.93. The van der Waals surface area contributed by atoms with Gasteiger partial charge in [0, 0.05) is 5.69 Å². The summed E-state index contributed by atoms with van der Waals surface area (Å²) in [4.78, 5) is 26.6. The van der Waals surface area contributed by atoms with Gasteiger partial charge in [-0.05, 0) is 36.8 Å². The van der Waals surface area contributed by atoms with E-state index in [9.17, 15) is 14.9 Å². The number of hydrogen-bond acceptors (Lipinski definition) is 5. The summed E-state index contributed by atoms with van der Waals surface area (Å²) in [6, 6.07) is 4.03. The van der Waals surface area contributed by atoms with Gasteiger partial charge in [-0.15, -0.1) is 0 Å². The summed E-state index contributed by atoms with van der Waals surface area (Å²) in [7, 11) is 0. The Morgan fingerprint density at radius 2 is 2.35 bits per heavy atom. The summed E-state index contributed by atoms with van der Waals surface area (Å²) in [5.41, 5.74) is 2.64. The second-order valence-electron chi connectivity index (χ2n) is 5.53. The van der Waals surface area contributed by atoms with Crippen LogP contribution in [0.4, 0.5) is 0 Å². The lowest BCUT2D eigenvalue weighted by molar-refractivity contribution is -0.137. The highest BCUT2D eigenvalue weighted by atomic mass is 32.2. The molecule has 1 amide bonds. The fourth-order valence-corrected chi connectivity index (χ4v) is 3.42. The molecule has 0 fully saturated rings. The van der Waals surface area contributed by atoms with E-state index in [1.54, 1.807) is 0 Å². The molecule has 0 bridgehead atoms. The summed E-state index contributed by atoms with van der Waals surface area (Å²) >= 11 is 1.17. The minimum absolute atomic E-state index is 0.0470. The second kappa shape index (κ2) is 7.97. The zero-order valence-electron chi connectivity index (χ0n) is 13.0. The highest BCUT2D eigenvalue weighted by Gasteiger charge is 2.21. The van der Waals surface area contributed by atoms with Crippen LogP contribution in [0.3, 0.4) is 0 Å². The van der Waals surface area contributed by atoms with Crippen molar-refractivity contribution in [3.8, 4) is 6.07 Å². The van der Waals surface area contributed by atoms with E-state index in [-0.39, 0.29) is 11.7 Å². The fraction of sp³-hybridized carbons (Fsp3) is 0.500. The number of carbonyl (C=O) groups excluding carboxylic acids is 1. The van der Waals surface area contributed by atoms with E-state index in [0.29, 0.717) is 16.5 Å². The van der Waals surface area contributed by atoms with Gasteiger partial charge < -0.3 is 10.4 Å². The fourth-order valence-electron chi connectivity index (χ4n) is 2.62. The lowest BCUT2D eigenvalue weighted by atomic mass is 9.85. The summed E-state index contributed by atoms with van der Waals surface area (Å²) in [5.74, 6) is -0.771. The molecule has 1 atom stereocenters. The lowest BCUT2D eigenvalue weighted by Crippen LogP contribution is -2.30. The monoisotopic (exact) mass is 333 g/mol. The maximum absolute atomic E-state index is 11.6. The van der Waals surface area contributed by atoms with E-state index in [2.05, 4.69) is 23.3 Å². The van der Waals surface area contributed by atoms with E-state index >= 15 is 0 Å². The quantitative estimate of drug-likeness (QED) is 0.769. The molecule has 1 unspecified atom stereocenters. The number of nitrogens with zero attached hydrogens (tertiary/aromatic N) is 2. The Labute approximate surface area is 139 Å². The van der Waals surface area contributed by atoms with Crippen LogP contribution in [-0.2, 0) is 22.4 Å². The van der Waals surface area contributed by atoms with E-state index in [1.165, 1.54) is 11.8 Å². The van der Waals surface area contributed by atoms with Crippen LogP contribution in [0.5, 0.6) is 0 Å². The van der Waals surface area contributed by atoms with Crippen LogP contribution >= 0.6 is 11.8 Å². The van der Waals surface area contributed by atoms with Crippen molar-refractivity contribution in [2.75, 3.05) is 12.3 Å². The molecule has 122 valence electrons. The molecule has 1 heterocycles. The number of aromatic nitrogens is 1. The largest absolute Gasteiger partial charge is 0.480 e. The number of amides is 1. The molecule has 1 aliphatic rings. The van der Waals surface area contributed by atoms with E-state index in [4.69, 9.17) is 5.11 Å². The smallest absolute Gasteiger partial charge is 0.322 e. The molecule has 1 aromatic rings. The van der Waals surface area contributed by atoms with Gasteiger partial charge in [-0.1, -0.05) is 25.1 Å². The van der Waals surface area contributed by atoms with Gasteiger partial charge in [-0.3, -0.25) is 9.59 Å². The van der Waals surface area contributed by atoms with Crippen LogP contribution in [0.1, 0.15) is 36.6 Å². The average molecular weight is 333 g/mol. The molecule has 0 aromatic carbocycles. The molecule has 0 saturated heterocycles. The lowest BCUT2D eigenvalue weighted by Gasteiger charge is -2.23. The molecular weight excluding hydrogens is 314 g/mol. The standard InChI is InChI=1S/C16H19N3O3S/c1-2-10-3-4-13-11(5-10)6-12(7-17)16(19-13)23-9-14(20)18-8-15(21)22/h6,10H,2-5,8-9H2,1H3,(H,18,20)(H,21,22). The topological polar surface area (TPSA) is 103 Å². The predicted octanol–water partition coefficient (Wildman–Crippen LogP) is 1.76. The Kier molecular flexibility index (Phi) is 5.99. The normalized spacial score (nSPS) is 16.3. The number of nitriles is 1. The number of pyridine rings is 1. The van der Waals surface area contributed by atoms with Crippen molar-refractivity contribution >= 4 is 23.6 Å². The minimum Gasteiger partial charge on any atom is -0.480 e. The maximum Gasteiger partial charge on any atom is 0.322 e. The van der Waals surface area contributed by atoms with Crippen molar-refractivity contribution in [2.45, 2.75) is 37.6 Å². The van der Waals surface area contributed by atoms with Gasteiger partial charge in [-0.2, -0.15) is 5.26 Å². The summed E-state index contributed by atoms with van der Waals surface area (Å²) in [5, 5.41) is 20.7. The summed E-state index contributed by atoms with van der Waals surface area (Å²) in [6.45, 7) is 1.77. The Balaban J connectivity index is 2.06. The first kappa shape index (κ1) is 17.3. The summed E-state index contributed by atoms with van der Waals surface area (Å²) in [6.07, 6.45) is 4.09. The van der Waals surface area contributed by atoms with Crippen LogP contribution in [0.2, 0.25) is 0 Å². The molecule has 1 aromatic heterocycles. The van der Waals surface area contributed by atoms with Crippen molar-refractivity contribution in [3.05, 3.63) is 22.9 Å². The van der Waals surface area contributed by atoms with E-state index in [1.807, 2.05) is 6.07 Å². The Hall–Kier alpha value is -2.07. The highest BCUT2D eigenvalue weighted by molar-refractivity contribution is 8.00.